The topological polar surface area (TPSA) is 53.9 Å². The van der Waals surface area contributed by atoms with E-state index < -0.39 is 0 Å². The number of nitrogens with one attached hydrogen (secondary N) is 1. The van der Waals surface area contributed by atoms with Crippen LogP contribution in [0.25, 0.3) is 0 Å². The molecule has 0 spiro atoms. The van der Waals surface area contributed by atoms with Crippen LogP contribution < -0.4 is 10.2 Å². The highest BCUT2D eigenvalue weighted by molar-refractivity contribution is 5.45. The van der Waals surface area contributed by atoms with Crippen LogP contribution in [0.1, 0.15) is 36.7 Å². The van der Waals surface area contributed by atoms with Crippen molar-refractivity contribution >= 4 is 11.6 Å². The summed E-state index contributed by atoms with van der Waals surface area (Å²) < 4.78 is 0. The van der Waals surface area contributed by atoms with Gasteiger partial charge in [-0.05, 0) is 43.9 Å². The van der Waals surface area contributed by atoms with Crippen LogP contribution >= 0.6 is 0 Å². The van der Waals surface area contributed by atoms with Crippen molar-refractivity contribution in [2.45, 2.75) is 39.7 Å². The quantitative estimate of drug-likeness (QED) is 0.919. The van der Waals surface area contributed by atoms with Gasteiger partial charge in [0.05, 0.1) is 0 Å². The van der Waals surface area contributed by atoms with Crippen molar-refractivity contribution in [3.8, 4) is 0 Å². The van der Waals surface area contributed by atoms with Crippen molar-refractivity contribution in [1.29, 1.82) is 0 Å². The molecule has 1 fully saturated rings. The molecule has 3 rings (SSSR count). The zero-order valence-electron chi connectivity index (χ0n) is 13.3. The summed E-state index contributed by atoms with van der Waals surface area (Å²) in [7, 11) is 0. The Morgan fingerprint density at radius 3 is 2.73 bits per heavy atom. The first-order valence-corrected chi connectivity index (χ1v) is 8.02. The minimum atomic E-state index is 0.754. The molecule has 2 aromatic rings. The monoisotopic (exact) mass is 297 g/mol. The van der Waals surface area contributed by atoms with Crippen molar-refractivity contribution in [3.63, 3.8) is 0 Å². The molecule has 22 heavy (non-hydrogen) atoms. The molecule has 3 heterocycles. The molecule has 1 N–H and O–H groups in total. The minimum absolute atomic E-state index is 0.754. The predicted molar refractivity (Wildman–Crippen MR) is 89.2 cm³/mol. The van der Waals surface area contributed by atoms with E-state index in [1.807, 2.05) is 6.07 Å². The molecule has 0 bridgehead atoms. The summed E-state index contributed by atoms with van der Waals surface area (Å²) in [4.78, 5) is 15.5. The summed E-state index contributed by atoms with van der Waals surface area (Å²) in [5.74, 6) is 1.98. The maximum absolute atomic E-state index is 4.67. The van der Waals surface area contributed by atoms with Crippen LogP contribution in [0.2, 0.25) is 0 Å². The number of hydrogen-bond donors (Lipinski definition) is 1. The fourth-order valence-electron chi connectivity index (χ4n) is 2.81. The van der Waals surface area contributed by atoms with Gasteiger partial charge in [0.25, 0.3) is 0 Å². The first-order chi connectivity index (χ1) is 10.7. The second-order valence-corrected chi connectivity index (χ2v) is 5.77. The van der Waals surface area contributed by atoms with E-state index in [4.69, 9.17) is 0 Å². The summed E-state index contributed by atoms with van der Waals surface area (Å²) in [6.07, 6.45) is 5.08. The Hall–Kier alpha value is -2.17. The van der Waals surface area contributed by atoms with Crippen LogP contribution in [0.15, 0.2) is 24.5 Å². The number of anilines is 2. The Balaban J connectivity index is 1.71. The number of rotatable bonds is 5. The average molecular weight is 297 g/mol. The van der Waals surface area contributed by atoms with Gasteiger partial charge < -0.3 is 10.2 Å². The maximum atomic E-state index is 4.67. The fraction of sp³-hybridized carbons (Fsp3) is 0.471. The van der Waals surface area contributed by atoms with Gasteiger partial charge in [-0.2, -0.15) is 0 Å². The molecule has 0 radical (unpaired) electrons. The van der Waals surface area contributed by atoms with Gasteiger partial charge in [0.1, 0.15) is 18.0 Å². The lowest BCUT2D eigenvalue weighted by Gasteiger charge is -2.18. The van der Waals surface area contributed by atoms with Crippen LogP contribution in [0.5, 0.6) is 0 Å². The molecule has 116 valence electrons. The van der Waals surface area contributed by atoms with Gasteiger partial charge in [-0.25, -0.2) is 15.0 Å². The van der Waals surface area contributed by atoms with Crippen LogP contribution in [0, 0.1) is 6.92 Å². The summed E-state index contributed by atoms with van der Waals surface area (Å²) >= 11 is 0. The van der Waals surface area contributed by atoms with Crippen molar-refractivity contribution in [1.82, 2.24) is 15.0 Å². The lowest BCUT2D eigenvalue weighted by Crippen LogP contribution is -2.19. The van der Waals surface area contributed by atoms with E-state index in [-0.39, 0.29) is 0 Å². The Labute approximate surface area is 131 Å². The maximum Gasteiger partial charge on any atom is 0.129 e. The first-order valence-electron chi connectivity index (χ1n) is 8.02. The molecule has 1 aliphatic rings. The SMILES string of the molecule is CCc1cc(NCc2cc(C)nc(N3CCCC3)c2)ncn1. The van der Waals surface area contributed by atoms with Gasteiger partial charge in [0, 0.05) is 37.1 Å². The van der Waals surface area contributed by atoms with Crippen molar-refractivity contribution in [2.75, 3.05) is 23.3 Å². The molecule has 1 saturated heterocycles. The number of aromatic nitrogens is 3. The van der Waals surface area contributed by atoms with Crippen LogP contribution in [0.4, 0.5) is 11.6 Å². The second-order valence-electron chi connectivity index (χ2n) is 5.77. The highest BCUT2D eigenvalue weighted by Crippen LogP contribution is 2.20. The molecule has 2 aromatic heterocycles. The van der Waals surface area contributed by atoms with Gasteiger partial charge in [-0.1, -0.05) is 6.92 Å². The normalized spacial score (nSPS) is 14.4. The van der Waals surface area contributed by atoms with Crippen LogP contribution in [-0.2, 0) is 13.0 Å². The molecule has 1 aliphatic heterocycles. The zero-order valence-corrected chi connectivity index (χ0v) is 13.3. The van der Waals surface area contributed by atoms with E-state index >= 15 is 0 Å². The Morgan fingerprint density at radius 2 is 1.95 bits per heavy atom. The highest BCUT2D eigenvalue weighted by atomic mass is 15.2. The van der Waals surface area contributed by atoms with Gasteiger partial charge in [-0.15, -0.1) is 0 Å². The largest absolute Gasteiger partial charge is 0.366 e. The Bertz CT molecular complexity index is 635. The van der Waals surface area contributed by atoms with E-state index in [9.17, 15) is 0 Å². The molecule has 0 amide bonds. The Morgan fingerprint density at radius 1 is 1.14 bits per heavy atom. The zero-order chi connectivity index (χ0) is 15.4. The van der Waals surface area contributed by atoms with Gasteiger partial charge in [0.15, 0.2) is 0 Å². The first kappa shape index (κ1) is 14.8. The summed E-state index contributed by atoms with van der Waals surface area (Å²) in [6, 6.07) is 6.33. The van der Waals surface area contributed by atoms with E-state index in [0.717, 1.165) is 49.1 Å². The molecule has 5 heteroatoms. The highest BCUT2D eigenvalue weighted by Gasteiger charge is 2.14. The van der Waals surface area contributed by atoms with Gasteiger partial charge in [0.2, 0.25) is 0 Å². The Kier molecular flexibility index (Phi) is 4.51. The van der Waals surface area contributed by atoms with Crippen LogP contribution in [-0.4, -0.2) is 28.0 Å². The predicted octanol–water partition coefficient (Wildman–Crippen LogP) is 2.95. The smallest absolute Gasteiger partial charge is 0.129 e. The summed E-state index contributed by atoms with van der Waals surface area (Å²) in [5, 5.41) is 3.38. The number of nitrogens with zero attached hydrogens (tertiary/aromatic N) is 4. The lowest BCUT2D eigenvalue weighted by molar-refractivity contribution is 0.921. The van der Waals surface area contributed by atoms with Gasteiger partial charge >= 0.3 is 0 Å². The average Bonchev–Trinajstić information content (AvgIpc) is 3.07. The second kappa shape index (κ2) is 6.73. The van der Waals surface area contributed by atoms with E-state index in [1.165, 1.54) is 18.4 Å². The standard InChI is InChI=1S/C17H23N5/c1-3-15-10-16(20-12-19-15)18-11-14-8-13(2)21-17(9-14)22-6-4-5-7-22/h8-10,12H,3-7,11H2,1-2H3,(H,18,19,20). The third-order valence-electron chi connectivity index (χ3n) is 3.99. The summed E-state index contributed by atoms with van der Waals surface area (Å²) in [5.41, 5.74) is 3.37. The molecule has 0 aliphatic carbocycles. The minimum Gasteiger partial charge on any atom is -0.366 e. The molecular formula is C17H23N5. The molecule has 5 nitrogen and oxygen atoms in total. The number of hydrogen-bond acceptors (Lipinski definition) is 5. The molecule has 0 atom stereocenters. The van der Waals surface area contributed by atoms with E-state index in [1.54, 1.807) is 6.33 Å². The van der Waals surface area contributed by atoms with E-state index in [2.05, 4.69) is 51.1 Å². The summed E-state index contributed by atoms with van der Waals surface area (Å²) in [6.45, 7) is 7.15. The van der Waals surface area contributed by atoms with Crippen molar-refractivity contribution in [2.24, 2.45) is 0 Å². The van der Waals surface area contributed by atoms with Crippen molar-refractivity contribution < 1.29 is 0 Å². The molecule has 0 aromatic carbocycles. The molecule has 0 unspecified atom stereocenters. The third-order valence-corrected chi connectivity index (χ3v) is 3.99. The third kappa shape index (κ3) is 3.53. The van der Waals surface area contributed by atoms with Crippen molar-refractivity contribution in [3.05, 3.63) is 41.5 Å². The molecular weight excluding hydrogens is 274 g/mol. The van der Waals surface area contributed by atoms with Gasteiger partial charge in [-0.3, -0.25) is 0 Å². The molecule has 0 saturated carbocycles. The van der Waals surface area contributed by atoms with E-state index in [0.29, 0.717) is 0 Å². The van der Waals surface area contributed by atoms with Crippen LogP contribution in [0.3, 0.4) is 0 Å². The fourth-order valence-corrected chi connectivity index (χ4v) is 2.81. The lowest BCUT2D eigenvalue weighted by atomic mass is 10.2. The number of pyridine rings is 1. The number of aryl methyl sites for hydroxylation is 2.